The van der Waals surface area contributed by atoms with Gasteiger partial charge in [0.15, 0.2) is 0 Å². The summed E-state index contributed by atoms with van der Waals surface area (Å²) in [6, 6.07) is -0.928. The first kappa shape index (κ1) is 10.7. The predicted molar refractivity (Wildman–Crippen MR) is 52.2 cm³/mol. The fourth-order valence-corrected chi connectivity index (χ4v) is 1.45. The fraction of sp³-hybridized carbons (Fsp3) is 0.286. The summed E-state index contributed by atoms with van der Waals surface area (Å²) < 4.78 is 9.98. The third kappa shape index (κ3) is 3.17. The minimum absolute atomic E-state index is 0.211. The number of aliphatic imine (C=N–C) groups is 1. The van der Waals surface area contributed by atoms with Gasteiger partial charge in [-0.25, -0.2) is 0 Å². The Morgan fingerprint density at radius 3 is 3.14 bits per heavy atom. The number of hydrogen-bond acceptors (Lipinski definition) is 5. The normalized spacial score (nSPS) is 12.6. The zero-order valence-corrected chi connectivity index (χ0v) is 7.98. The number of rotatable bonds is 5. The van der Waals surface area contributed by atoms with Crippen LogP contribution in [0.1, 0.15) is 5.69 Å². The molecule has 1 rings (SSSR count). The van der Waals surface area contributed by atoms with E-state index in [0.29, 0.717) is 12.8 Å². The summed E-state index contributed by atoms with van der Waals surface area (Å²) in [5, 5.41) is 10.5. The van der Waals surface area contributed by atoms with Gasteiger partial charge in [0.05, 0.1) is 0 Å². The van der Waals surface area contributed by atoms with Crippen molar-refractivity contribution in [2.45, 2.75) is 12.5 Å². The van der Waals surface area contributed by atoms with Gasteiger partial charge in [-0.05, 0) is 0 Å². The van der Waals surface area contributed by atoms with Crippen LogP contribution < -0.4 is 0 Å². The number of thiazole rings is 1. The molecule has 7 heteroatoms. The monoisotopic (exact) mass is 210 g/mol. The van der Waals surface area contributed by atoms with Crippen molar-refractivity contribution in [1.29, 1.82) is 0 Å². The van der Waals surface area contributed by atoms with E-state index < -0.39 is 12.0 Å². The molecular formula is C7H7BN2O3S. The van der Waals surface area contributed by atoms with Crippen molar-refractivity contribution in [1.82, 2.24) is 4.98 Å². The SMILES string of the molecule is O=BC=NC(Cc1cscn1)C(=O)O. The summed E-state index contributed by atoms with van der Waals surface area (Å²) in [7, 11) is 0.455. The molecule has 1 aromatic heterocycles. The first-order chi connectivity index (χ1) is 6.74. The molecule has 0 aliphatic heterocycles. The van der Waals surface area contributed by atoms with Crippen LogP contribution in [0.2, 0.25) is 0 Å². The van der Waals surface area contributed by atoms with E-state index in [0.717, 1.165) is 6.11 Å². The molecule has 0 fully saturated rings. The maximum absolute atomic E-state index is 10.7. The Kier molecular flexibility index (Phi) is 4.12. The first-order valence-electron chi connectivity index (χ1n) is 3.81. The Bertz CT molecular complexity index is 339. The van der Waals surface area contributed by atoms with Crippen molar-refractivity contribution in [3.8, 4) is 0 Å². The first-order valence-corrected chi connectivity index (χ1v) is 4.75. The zero-order valence-electron chi connectivity index (χ0n) is 7.16. The van der Waals surface area contributed by atoms with Gasteiger partial charge in [-0.3, -0.25) is 0 Å². The molecule has 1 N–H and O–H groups in total. The number of aromatic nitrogens is 1. The van der Waals surface area contributed by atoms with Crippen LogP contribution in [0, 0.1) is 0 Å². The molecule has 1 aromatic rings. The van der Waals surface area contributed by atoms with E-state index in [1.807, 2.05) is 0 Å². The molecule has 0 aromatic carbocycles. The van der Waals surface area contributed by atoms with Gasteiger partial charge in [0.1, 0.15) is 0 Å². The summed E-state index contributed by atoms with van der Waals surface area (Å²) in [5.74, 6) is -1.06. The van der Waals surface area contributed by atoms with Crippen LogP contribution in [0.3, 0.4) is 0 Å². The summed E-state index contributed by atoms with van der Waals surface area (Å²) in [6.07, 6.45) is 1.16. The fourth-order valence-electron chi connectivity index (χ4n) is 0.879. The Balaban J connectivity index is 2.65. The molecule has 72 valence electrons. The van der Waals surface area contributed by atoms with Crippen LogP contribution in [0.15, 0.2) is 15.9 Å². The van der Waals surface area contributed by atoms with Gasteiger partial charge in [0.25, 0.3) is 0 Å². The molecule has 0 saturated heterocycles. The molecule has 14 heavy (non-hydrogen) atoms. The quantitative estimate of drug-likeness (QED) is 0.556. The Morgan fingerprint density at radius 2 is 2.64 bits per heavy atom. The molecule has 0 radical (unpaired) electrons. The number of carbonyl (C=O) groups is 1. The zero-order chi connectivity index (χ0) is 10.4. The number of aliphatic carboxylic acids is 1. The molecular weight excluding hydrogens is 203 g/mol. The van der Waals surface area contributed by atoms with Crippen molar-refractivity contribution in [2.75, 3.05) is 0 Å². The van der Waals surface area contributed by atoms with Crippen LogP contribution in [0.25, 0.3) is 0 Å². The number of carboxylic acid groups (broad SMARTS) is 1. The number of carboxylic acids is 1. The predicted octanol–water partition coefficient (Wildman–Crippen LogP) is 0.217. The van der Waals surface area contributed by atoms with Crippen LogP contribution in [-0.2, 0) is 15.9 Å². The van der Waals surface area contributed by atoms with Crippen LogP contribution >= 0.6 is 11.3 Å². The van der Waals surface area contributed by atoms with Crippen molar-refractivity contribution in [2.24, 2.45) is 4.99 Å². The van der Waals surface area contributed by atoms with Crippen molar-refractivity contribution < 1.29 is 14.6 Å². The van der Waals surface area contributed by atoms with Gasteiger partial charge < -0.3 is 0 Å². The van der Waals surface area contributed by atoms with Gasteiger partial charge >= 0.3 is 84.2 Å². The summed E-state index contributed by atoms with van der Waals surface area (Å²) in [5.41, 5.74) is 2.29. The van der Waals surface area contributed by atoms with Crippen molar-refractivity contribution in [3.05, 3.63) is 16.6 Å². The summed E-state index contributed by atoms with van der Waals surface area (Å²) >= 11 is 1.39. The Hall–Kier alpha value is -1.37. The second-order valence-electron chi connectivity index (χ2n) is 2.47. The van der Waals surface area contributed by atoms with E-state index >= 15 is 0 Å². The molecule has 1 heterocycles. The molecule has 0 amide bonds. The molecule has 5 nitrogen and oxygen atoms in total. The molecule has 0 aliphatic rings. The average molecular weight is 210 g/mol. The molecule has 1 atom stereocenters. The van der Waals surface area contributed by atoms with Gasteiger partial charge in [0, 0.05) is 0 Å². The van der Waals surface area contributed by atoms with Gasteiger partial charge in [-0.2, -0.15) is 0 Å². The van der Waals surface area contributed by atoms with E-state index in [1.165, 1.54) is 11.3 Å². The Morgan fingerprint density at radius 1 is 1.86 bits per heavy atom. The molecule has 0 bridgehead atoms. The maximum atomic E-state index is 10.7. The molecule has 0 saturated carbocycles. The van der Waals surface area contributed by atoms with Crippen molar-refractivity contribution in [3.63, 3.8) is 0 Å². The van der Waals surface area contributed by atoms with Gasteiger partial charge in [-0.1, -0.05) is 0 Å². The van der Waals surface area contributed by atoms with Gasteiger partial charge in [0.2, 0.25) is 0 Å². The average Bonchev–Trinajstić information content (AvgIpc) is 2.64. The van der Waals surface area contributed by atoms with Crippen LogP contribution in [0.5, 0.6) is 0 Å². The third-order valence-corrected chi connectivity index (χ3v) is 2.13. The topological polar surface area (TPSA) is 79.6 Å². The van der Waals surface area contributed by atoms with E-state index in [-0.39, 0.29) is 6.42 Å². The van der Waals surface area contributed by atoms with E-state index in [2.05, 4.69) is 9.98 Å². The van der Waals surface area contributed by atoms with Crippen molar-refractivity contribution >= 4 is 30.6 Å². The summed E-state index contributed by atoms with van der Waals surface area (Å²) in [6.45, 7) is 0. The second-order valence-corrected chi connectivity index (χ2v) is 3.19. The summed E-state index contributed by atoms with van der Waals surface area (Å²) in [4.78, 5) is 18.2. The standard InChI is InChI=1S/C7H7BN2O3S/c11-7(12)6(9-3-8-13)1-5-2-14-4-10-5/h2-4,6H,1H2,(H,11,12). The third-order valence-electron chi connectivity index (χ3n) is 1.50. The molecule has 0 spiro atoms. The number of nitrogens with zero attached hydrogens (tertiary/aromatic N) is 2. The molecule has 1 unspecified atom stereocenters. The molecule has 0 aliphatic carbocycles. The number of hydrogen-bond donors (Lipinski definition) is 1. The van der Waals surface area contributed by atoms with E-state index in [9.17, 15) is 9.50 Å². The van der Waals surface area contributed by atoms with Crippen LogP contribution in [-0.4, -0.2) is 35.4 Å². The van der Waals surface area contributed by atoms with Crippen LogP contribution in [0.4, 0.5) is 0 Å². The second kappa shape index (κ2) is 5.38. The minimum atomic E-state index is -1.06. The van der Waals surface area contributed by atoms with E-state index in [1.54, 1.807) is 10.9 Å². The van der Waals surface area contributed by atoms with E-state index in [4.69, 9.17) is 5.11 Å². The van der Waals surface area contributed by atoms with Gasteiger partial charge in [-0.15, -0.1) is 0 Å². The Labute approximate surface area is 84.8 Å².